The molecule has 2 aromatic carbocycles. The van der Waals surface area contributed by atoms with Crippen LogP contribution >= 0.6 is 23.2 Å². The molecule has 5 aromatic rings. The number of sulfone groups is 1. The van der Waals surface area contributed by atoms with Gasteiger partial charge in [-0.1, -0.05) is 41.8 Å². The highest BCUT2D eigenvalue weighted by Gasteiger charge is 2.24. The fourth-order valence-corrected chi connectivity index (χ4v) is 6.35. The van der Waals surface area contributed by atoms with Gasteiger partial charge in [-0.2, -0.15) is 0 Å². The molecule has 0 radical (unpaired) electrons. The van der Waals surface area contributed by atoms with Crippen LogP contribution in [0.1, 0.15) is 37.9 Å². The van der Waals surface area contributed by atoms with E-state index < -0.39 is 15.9 Å². The summed E-state index contributed by atoms with van der Waals surface area (Å²) in [4.78, 5) is 36.2. The van der Waals surface area contributed by atoms with Crippen molar-refractivity contribution in [2.75, 3.05) is 11.6 Å². The number of pyridine rings is 1. The van der Waals surface area contributed by atoms with Crippen LogP contribution in [0.5, 0.6) is 0 Å². The van der Waals surface area contributed by atoms with E-state index >= 15 is 0 Å². The molecule has 2 atom stereocenters. The molecule has 0 spiro atoms. The number of rotatable bonds is 4. The van der Waals surface area contributed by atoms with Crippen molar-refractivity contribution in [1.82, 2.24) is 29.5 Å². The molecule has 11 nitrogen and oxygen atoms in total. The fourth-order valence-electron chi connectivity index (χ4n) is 5.40. The number of hydrogen-bond acceptors (Lipinski definition) is 8. The number of benzene rings is 2. The Morgan fingerprint density at radius 3 is 2.51 bits per heavy atom. The number of amides is 1. The summed E-state index contributed by atoms with van der Waals surface area (Å²) >= 11 is 12.3. The molecule has 230 valence electrons. The van der Waals surface area contributed by atoms with Crippen LogP contribution in [0.25, 0.3) is 28.1 Å². The average molecular weight is 665 g/mol. The maximum absolute atomic E-state index is 13.8. The summed E-state index contributed by atoms with van der Waals surface area (Å²) in [6, 6.07) is 14.2. The third kappa shape index (κ3) is 6.39. The van der Waals surface area contributed by atoms with Gasteiger partial charge in [0.15, 0.2) is 15.0 Å². The van der Waals surface area contributed by atoms with Crippen LogP contribution in [0.3, 0.4) is 0 Å². The molecule has 0 saturated heterocycles. The van der Waals surface area contributed by atoms with Gasteiger partial charge in [-0.05, 0) is 66.9 Å². The predicted octanol–water partition coefficient (Wildman–Crippen LogP) is 5.61. The van der Waals surface area contributed by atoms with Crippen LogP contribution in [0.4, 0.5) is 5.69 Å². The van der Waals surface area contributed by atoms with E-state index in [9.17, 15) is 18.0 Å². The minimum atomic E-state index is -3.52. The SMILES string of the molecule is CC1CCCC(n2cnc(-c3cc(Cl)ccc3-n3cc(Cl)nn3)cc2=O)c2cc(ccn2)-c2cc(S(C)(=O)=O)ccc2NC1=O. The molecule has 1 N–H and O–H groups in total. The van der Waals surface area contributed by atoms with Gasteiger partial charge in [0.25, 0.3) is 5.56 Å². The largest absolute Gasteiger partial charge is 0.325 e. The second-order valence-corrected chi connectivity index (χ2v) is 13.8. The van der Waals surface area contributed by atoms with Crippen molar-refractivity contribution in [3.8, 4) is 28.1 Å². The number of nitrogens with one attached hydrogen (secondary N) is 1. The summed E-state index contributed by atoms with van der Waals surface area (Å²) < 4.78 is 27.8. The monoisotopic (exact) mass is 663 g/mol. The van der Waals surface area contributed by atoms with Gasteiger partial charge in [-0.25, -0.2) is 18.1 Å². The first-order chi connectivity index (χ1) is 21.5. The molecule has 1 aliphatic rings. The van der Waals surface area contributed by atoms with Crippen molar-refractivity contribution in [1.29, 1.82) is 0 Å². The zero-order chi connectivity index (χ0) is 31.9. The average Bonchev–Trinajstić information content (AvgIpc) is 3.44. The standard InChI is InChI=1S/C31H27Cl2N7O4S/c1-18-4-3-5-28(26-12-19(10-11-34-26)22-14-21(45(2,43)44)7-8-24(22)36-31(18)42)39-17-35-25(15-30(39)41)23-13-20(32)6-9-27(23)40-16-29(33)37-38-40/h6-18,28H,3-5H2,1-2H3,(H,36,42). The Labute approximate surface area is 268 Å². The number of fused-ring (bicyclic) bond motifs is 4. The van der Waals surface area contributed by atoms with E-state index in [2.05, 4.69) is 25.6 Å². The molecule has 0 saturated carbocycles. The Morgan fingerprint density at radius 1 is 0.956 bits per heavy atom. The van der Waals surface area contributed by atoms with Crippen molar-refractivity contribution in [3.05, 3.63) is 99.5 Å². The number of halogens is 2. The molecule has 45 heavy (non-hydrogen) atoms. The van der Waals surface area contributed by atoms with Crippen molar-refractivity contribution in [2.24, 2.45) is 5.92 Å². The van der Waals surface area contributed by atoms with Gasteiger partial charge in [0, 0.05) is 46.3 Å². The van der Waals surface area contributed by atoms with Crippen LogP contribution in [0.15, 0.2) is 83.0 Å². The molecule has 2 unspecified atom stereocenters. The Morgan fingerprint density at radius 2 is 1.78 bits per heavy atom. The Hall–Kier alpha value is -4.39. The van der Waals surface area contributed by atoms with E-state index in [4.69, 9.17) is 23.2 Å². The summed E-state index contributed by atoms with van der Waals surface area (Å²) in [6.45, 7) is 1.84. The van der Waals surface area contributed by atoms with E-state index in [0.717, 1.165) is 6.26 Å². The van der Waals surface area contributed by atoms with Crippen molar-refractivity contribution < 1.29 is 13.2 Å². The highest BCUT2D eigenvalue weighted by molar-refractivity contribution is 7.90. The summed E-state index contributed by atoms with van der Waals surface area (Å²) in [6.07, 6.45) is 7.46. The number of carbonyl (C=O) groups excluding carboxylic acids is 1. The number of nitrogens with zero attached hydrogens (tertiary/aromatic N) is 6. The lowest BCUT2D eigenvalue weighted by Gasteiger charge is -2.23. The molecule has 6 rings (SSSR count). The fraction of sp³-hybridized carbons (Fsp3) is 0.226. The third-order valence-electron chi connectivity index (χ3n) is 7.79. The summed E-state index contributed by atoms with van der Waals surface area (Å²) in [5, 5.41) is 11.5. The lowest BCUT2D eigenvalue weighted by Crippen LogP contribution is -2.27. The molecule has 2 bridgehead atoms. The van der Waals surface area contributed by atoms with E-state index in [1.54, 1.807) is 42.6 Å². The zero-order valence-corrected chi connectivity index (χ0v) is 26.5. The minimum absolute atomic E-state index is 0.120. The van der Waals surface area contributed by atoms with E-state index in [1.165, 1.54) is 33.9 Å². The number of hydrogen-bond donors (Lipinski definition) is 1. The quantitative estimate of drug-likeness (QED) is 0.261. The Kier molecular flexibility index (Phi) is 8.29. The first kappa shape index (κ1) is 30.6. The minimum Gasteiger partial charge on any atom is -0.325 e. The predicted molar refractivity (Wildman–Crippen MR) is 171 cm³/mol. The molecule has 1 amide bonds. The van der Waals surface area contributed by atoms with Gasteiger partial charge >= 0.3 is 0 Å². The number of carbonyl (C=O) groups is 1. The molecule has 3 aromatic heterocycles. The topological polar surface area (TPSA) is 142 Å². The van der Waals surface area contributed by atoms with Gasteiger partial charge < -0.3 is 5.32 Å². The molecular weight excluding hydrogens is 637 g/mol. The maximum atomic E-state index is 13.8. The Bertz CT molecular complexity index is 2110. The highest BCUT2D eigenvalue weighted by Crippen LogP contribution is 2.35. The van der Waals surface area contributed by atoms with Crippen molar-refractivity contribution >= 4 is 44.6 Å². The molecule has 4 heterocycles. The lowest BCUT2D eigenvalue weighted by atomic mass is 9.95. The van der Waals surface area contributed by atoms with Gasteiger partial charge in [-0.15, -0.1) is 5.10 Å². The highest BCUT2D eigenvalue weighted by atomic mass is 35.5. The molecular formula is C31H27Cl2N7O4S. The molecule has 0 fully saturated rings. The number of aromatic nitrogens is 6. The van der Waals surface area contributed by atoms with Crippen LogP contribution in [0.2, 0.25) is 10.2 Å². The number of anilines is 1. The lowest BCUT2D eigenvalue weighted by molar-refractivity contribution is -0.119. The molecule has 1 aliphatic heterocycles. The van der Waals surface area contributed by atoms with Crippen molar-refractivity contribution in [3.63, 3.8) is 0 Å². The third-order valence-corrected chi connectivity index (χ3v) is 9.31. The summed E-state index contributed by atoms with van der Waals surface area (Å²) in [7, 11) is -3.52. The van der Waals surface area contributed by atoms with Gasteiger partial charge in [-0.3, -0.25) is 19.1 Å². The van der Waals surface area contributed by atoms with Crippen LogP contribution in [-0.2, 0) is 14.6 Å². The first-order valence-electron chi connectivity index (χ1n) is 14.1. The summed E-state index contributed by atoms with van der Waals surface area (Å²) in [5.41, 5.74) is 3.46. The van der Waals surface area contributed by atoms with E-state index in [1.807, 2.05) is 13.0 Å². The zero-order valence-electron chi connectivity index (χ0n) is 24.2. The van der Waals surface area contributed by atoms with E-state index in [0.29, 0.717) is 63.7 Å². The second-order valence-electron chi connectivity index (χ2n) is 11.0. The van der Waals surface area contributed by atoms with E-state index in [-0.39, 0.29) is 27.4 Å². The normalized spacial score (nSPS) is 17.1. The second kappa shape index (κ2) is 12.2. The Balaban J connectivity index is 1.46. The maximum Gasteiger partial charge on any atom is 0.254 e. The smallest absolute Gasteiger partial charge is 0.254 e. The molecule has 14 heteroatoms. The van der Waals surface area contributed by atoms with Crippen LogP contribution < -0.4 is 10.9 Å². The van der Waals surface area contributed by atoms with Crippen LogP contribution in [0, 0.1) is 5.92 Å². The van der Waals surface area contributed by atoms with Crippen LogP contribution in [-0.4, -0.2) is 50.1 Å². The van der Waals surface area contributed by atoms with Gasteiger partial charge in [0.05, 0.1) is 40.5 Å². The van der Waals surface area contributed by atoms with Crippen molar-refractivity contribution in [2.45, 2.75) is 37.1 Å². The van der Waals surface area contributed by atoms with Gasteiger partial charge in [0.1, 0.15) is 0 Å². The summed E-state index contributed by atoms with van der Waals surface area (Å²) in [5.74, 6) is -0.508. The first-order valence-corrected chi connectivity index (χ1v) is 16.7. The van der Waals surface area contributed by atoms with Gasteiger partial charge in [0.2, 0.25) is 5.91 Å². The molecule has 0 aliphatic carbocycles.